The number of nitrogens with one attached hydrogen (secondary N) is 1. The molecule has 1 fully saturated rings. The van der Waals surface area contributed by atoms with Crippen molar-refractivity contribution in [3.63, 3.8) is 0 Å². The van der Waals surface area contributed by atoms with Gasteiger partial charge < -0.3 is 19.5 Å². The molecule has 0 unspecified atom stereocenters. The third kappa shape index (κ3) is 5.16. The molecule has 1 amide bonds. The lowest BCUT2D eigenvalue weighted by Crippen LogP contribution is -2.45. The number of carbonyl (C=O) groups excluding carboxylic acids is 1. The number of hydrogen-bond acceptors (Lipinski definition) is 6. The first-order valence-corrected chi connectivity index (χ1v) is 11.9. The van der Waals surface area contributed by atoms with Crippen molar-refractivity contribution >= 4 is 15.9 Å². The largest absolute Gasteiger partial charge is 0.497 e. The van der Waals surface area contributed by atoms with Crippen molar-refractivity contribution in [2.45, 2.75) is 30.7 Å². The Morgan fingerprint density at radius 2 is 1.69 bits per heavy atom. The van der Waals surface area contributed by atoms with Crippen LogP contribution in [-0.4, -0.2) is 53.0 Å². The summed E-state index contributed by atoms with van der Waals surface area (Å²) < 4.78 is 43.7. The fraction of sp³-hybridized carbons (Fsp3) is 0.435. The Kier molecular flexibility index (Phi) is 7.63. The molecule has 0 aliphatic carbocycles. The van der Waals surface area contributed by atoms with Gasteiger partial charge in [-0.1, -0.05) is 12.1 Å². The fourth-order valence-electron chi connectivity index (χ4n) is 3.81. The highest BCUT2D eigenvalue weighted by Crippen LogP contribution is 2.33. The highest BCUT2D eigenvalue weighted by Gasteiger charge is 2.35. The van der Waals surface area contributed by atoms with Crippen molar-refractivity contribution < 1.29 is 27.4 Å². The molecular weight excluding hydrogens is 432 g/mol. The first kappa shape index (κ1) is 23.9. The summed E-state index contributed by atoms with van der Waals surface area (Å²) in [5, 5.41) is 3.01. The number of piperidine rings is 1. The number of amides is 1. The average Bonchev–Trinajstić information content (AvgIpc) is 2.83. The Balaban J connectivity index is 1.73. The van der Waals surface area contributed by atoms with Crippen molar-refractivity contribution in [1.82, 2.24) is 9.62 Å². The molecule has 2 atom stereocenters. The maximum atomic E-state index is 13.4. The molecule has 0 bridgehead atoms. The van der Waals surface area contributed by atoms with E-state index >= 15 is 0 Å². The zero-order chi connectivity index (χ0) is 23.3. The second kappa shape index (κ2) is 10.2. The Bertz CT molecular complexity index is 1040. The summed E-state index contributed by atoms with van der Waals surface area (Å²) >= 11 is 0. The monoisotopic (exact) mass is 462 g/mol. The van der Waals surface area contributed by atoms with E-state index in [1.165, 1.54) is 24.6 Å². The van der Waals surface area contributed by atoms with Crippen molar-refractivity contribution in [2.24, 2.45) is 5.92 Å². The topological polar surface area (TPSA) is 94.2 Å². The quantitative estimate of drug-likeness (QED) is 0.648. The molecule has 32 heavy (non-hydrogen) atoms. The molecule has 1 N–H and O–H groups in total. The molecule has 9 heteroatoms. The predicted molar refractivity (Wildman–Crippen MR) is 121 cm³/mol. The van der Waals surface area contributed by atoms with Gasteiger partial charge in [-0.25, -0.2) is 8.42 Å². The standard InChI is InChI=1S/C23H30N2O6S/c1-16(17-7-9-19(29-2)10-8-17)24-23(26)18-6-5-13-25(15-18)32(27,28)22-14-20(30-3)11-12-21(22)31-4/h7-12,14,16,18H,5-6,13,15H2,1-4H3,(H,24,26)/t16-,18-/m1/s1. The summed E-state index contributed by atoms with van der Waals surface area (Å²) in [6, 6.07) is 11.9. The number of hydrogen-bond donors (Lipinski definition) is 1. The zero-order valence-corrected chi connectivity index (χ0v) is 19.6. The molecule has 1 saturated heterocycles. The minimum atomic E-state index is -3.86. The van der Waals surface area contributed by atoms with Crippen LogP contribution in [0.4, 0.5) is 0 Å². The molecule has 1 aliphatic heterocycles. The van der Waals surface area contributed by atoms with Crippen LogP contribution in [0.5, 0.6) is 17.2 Å². The summed E-state index contributed by atoms with van der Waals surface area (Å²) in [5.74, 6) is 0.810. The summed E-state index contributed by atoms with van der Waals surface area (Å²) in [6.45, 7) is 2.36. The van der Waals surface area contributed by atoms with Crippen LogP contribution >= 0.6 is 0 Å². The van der Waals surface area contributed by atoms with Crippen LogP contribution < -0.4 is 19.5 Å². The van der Waals surface area contributed by atoms with E-state index in [4.69, 9.17) is 14.2 Å². The van der Waals surface area contributed by atoms with Gasteiger partial charge in [0, 0.05) is 19.2 Å². The molecule has 1 aliphatic rings. The number of carbonyl (C=O) groups is 1. The van der Waals surface area contributed by atoms with Gasteiger partial charge in [0.05, 0.1) is 33.3 Å². The second-order valence-electron chi connectivity index (χ2n) is 7.72. The summed E-state index contributed by atoms with van der Waals surface area (Å²) in [5.41, 5.74) is 0.945. The average molecular weight is 463 g/mol. The SMILES string of the molecule is COc1ccc([C@@H](C)NC(=O)[C@@H]2CCCN(S(=O)(=O)c3cc(OC)ccc3OC)C2)cc1. The van der Waals surface area contributed by atoms with Gasteiger partial charge in [-0.05, 0) is 49.6 Å². The maximum absolute atomic E-state index is 13.4. The molecular formula is C23H30N2O6S. The van der Waals surface area contributed by atoms with Crippen molar-refractivity contribution in [1.29, 1.82) is 0 Å². The lowest BCUT2D eigenvalue weighted by Gasteiger charge is -2.32. The van der Waals surface area contributed by atoms with Crippen LogP contribution in [0.3, 0.4) is 0 Å². The number of methoxy groups -OCH3 is 3. The minimum absolute atomic E-state index is 0.0343. The van der Waals surface area contributed by atoms with Crippen LogP contribution in [0, 0.1) is 5.92 Å². The fourth-order valence-corrected chi connectivity index (χ4v) is 5.50. The molecule has 3 rings (SSSR count). The van der Waals surface area contributed by atoms with Gasteiger partial charge in [-0.15, -0.1) is 0 Å². The van der Waals surface area contributed by atoms with Crippen LogP contribution in [0.1, 0.15) is 31.4 Å². The Morgan fingerprint density at radius 3 is 2.31 bits per heavy atom. The number of rotatable bonds is 8. The van der Waals surface area contributed by atoms with Gasteiger partial charge in [0.25, 0.3) is 0 Å². The first-order chi connectivity index (χ1) is 15.3. The number of sulfonamides is 1. The minimum Gasteiger partial charge on any atom is -0.497 e. The third-order valence-electron chi connectivity index (χ3n) is 5.72. The van der Waals surface area contributed by atoms with Gasteiger partial charge in [0.2, 0.25) is 15.9 Å². The van der Waals surface area contributed by atoms with E-state index in [0.29, 0.717) is 25.1 Å². The summed E-state index contributed by atoms with van der Waals surface area (Å²) in [4.78, 5) is 13.0. The molecule has 174 valence electrons. The van der Waals surface area contributed by atoms with Crippen molar-refractivity contribution in [3.8, 4) is 17.2 Å². The molecule has 1 heterocycles. The Hall–Kier alpha value is -2.78. The summed E-state index contributed by atoms with van der Waals surface area (Å²) in [7, 11) is 0.644. The van der Waals surface area contributed by atoms with E-state index in [1.54, 1.807) is 19.2 Å². The molecule has 0 saturated carbocycles. The van der Waals surface area contributed by atoms with Gasteiger partial charge in [-0.2, -0.15) is 4.31 Å². The lowest BCUT2D eigenvalue weighted by atomic mass is 9.98. The Labute approximate surface area is 189 Å². The highest BCUT2D eigenvalue weighted by atomic mass is 32.2. The summed E-state index contributed by atoms with van der Waals surface area (Å²) in [6.07, 6.45) is 1.23. The molecule has 2 aromatic rings. The second-order valence-corrected chi connectivity index (χ2v) is 9.63. The molecule has 2 aromatic carbocycles. The van der Waals surface area contributed by atoms with Gasteiger partial charge in [0.15, 0.2) is 0 Å². The van der Waals surface area contributed by atoms with E-state index in [1.807, 2.05) is 31.2 Å². The molecule has 0 spiro atoms. The Morgan fingerprint density at radius 1 is 1.03 bits per heavy atom. The van der Waals surface area contributed by atoms with Gasteiger partial charge >= 0.3 is 0 Å². The normalized spacial score (nSPS) is 17.9. The van der Waals surface area contributed by atoms with Crippen LogP contribution in [-0.2, 0) is 14.8 Å². The smallest absolute Gasteiger partial charge is 0.246 e. The zero-order valence-electron chi connectivity index (χ0n) is 18.8. The van der Waals surface area contributed by atoms with Gasteiger partial charge in [-0.3, -0.25) is 4.79 Å². The van der Waals surface area contributed by atoms with Crippen LogP contribution in [0.25, 0.3) is 0 Å². The van der Waals surface area contributed by atoms with Gasteiger partial charge in [0.1, 0.15) is 22.1 Å². The molecule has 0 aromatic heterocycles. The highest BCUT2D eigenvalue weighted by molar-refractivity contribution is 7.89. The first-order valence-electron chi connectivity index (χ1n) is 10.5. The number of benzene rings is 2. The van der Waals surface area contributed by atoms with Crippen molar-refractivity contribution in [3.05, 3.63) is 48.0 Å². The van der Waals surface area contributed by atoms with E-state index in [0.717, 1.165) is 11.3 Å². The lowest BCUT2D eigenvalue weighted by molar-refractivity contribution is -0.126. The van der Waals surface area contributed by atoms with E-state index in [-0.39, 0.29) is 29.1 Å². The predicted octanol–water partition coefficient (Wildman–Crippen LogP) is 2.99. The maximum Gasteiger partial charge on any atom is 0.246 e. The number of nitrogens with zero attached hydrogens (tertiary/aromatic N) is 1. The third-order valence-corrected chi connectivity index (χ3v) is 7.60. The number of ether oxygens (including phenoxy) is 3. The van der Waals surface area contributed by atoms with Crippen LogP contribution in [0.15, 0.2) is 47.4 Å². The van der Waals surface area contributed by atoms with E-state index in [9.17, 15) is 13.2 Å². The molecule has 0 radical (unpaired) electrons. The van der Waals surface area contributed by atoms with E-state index in [2.05, 4.69) is 5.32 Å². The van der Waals surface area contributed by atoms with Crippen LogP contribution in [0.2, 0.25) is 0 Å². The van der Waals surface area contributed by atoms with E-state index < -0.39 is 15.9 Å². The van der Waals surface area contributed by atoms with Crippen molar-refractivity contribution in [2.75, 3.05) is 34.4 Å². The molecule has 8 nitrogen and oxygen atoms in total.